The molecule has 0 atom stereocenters. The van der Waals surface area contributed by atoms with Gasteiger partial charge in [0.05, 0.1) is 17.8 Å². The van der Waals surface area contributed by atoms with Crippen LogP contribution in [0.3, 0.4) is 0 Å². The molecule has 2 rings (SSSR count). The molecule has 1 aromatic heterocycles. The Balaban J connectivity index is 2.44. The van der Waals surface area contributed by atoms with Crippen LogP contribution in [-0.4, -0.2) is 29.3 Å². The smallest absolute Gasteiger partial charge is 0.361 e. The van der Waals surface area contributed by atoms with Gasteiger partial charge in [0.25, 0.3) is 0 Å². The zero-order valence-electron chi connectivity index (χ0n) is 11.8. The molecular weight excluding hydrogens is 254 g/mol. The van der Waals surface area contributed by atoms with Crippen molar-refractivity contribution in [3.05, 3.63) is 30.0 Å². The fraction of sp³-hybridized carbons (Fsp3) is 0.400. The number of carbonyl (C=O) groups excluding carboxylic acids is 1. The molecule has 0 aliphatic rings. The summed E-state index contributed by atoms with van der Waals surface area (Å²) in [5.41, 5.74) is 1.73. The number of nitrogens with zero attached hydrogens (tertiary/aromatic N) is 2. The Labute approximate surface area is 118 Å². The van der Waals surface area contributed by atoms with Gasteiger partial charge in [0, 0.05) is 11.9 Å². The summed E-state index contributed by atoms with van der Waals surface area (Å²) < 4.78 is 5.04. The quantitative estimate of drug-likeness (QED) is 0.647. The Hall–Kier alpha value is -2.17. The molecule has 0 radical (unpaired) electrons. The molecule has 20 heavy (non-hydrogen) atoms. The molecular formula is C15H19N3O2. The molecule has 0 spiro atoms. The summed E-state index contributed by atoms with van der Waals surface area (Å²) in [6, 6.07) is 7.63. The van der Waals surface area contributed by atoms with Crippen molar-refractivity contribution in [2.24, 2.45) is 0 Å². The first-order valence-electron chi connectivity index (χ1n) is 6.94. The maximum absolute atomic E-state index is 12.0. The number of anilines is 1. The van der Waals surface area contributed by atoms with Gasteiger partial charge < -0.3 is 10.1 Å². The van der Waals surface area contributed by atoms with E-state index in [9.17, 15) is 4.79 Å². The number of nitrogens with one attached hydrogen (secondary N) is 1. The fourth-order valence-electron chi connectivity index (χ4n) is 1.97. The summed E-state index contributed by atoms with van der Waals surface area (Å²) in [5, 5.41) is 12.3. The molecule has 1 aromatic carbocycles. The number of benzene rings is 1. The van der Waals surface area contributed by atoms with Gasteiger partial charge in [0.1, 0.15) is 0 Å². The zero-order chi connectivity index (χ0) is 14.4. The third kappa shape index (κ3) is 3.04. The van der Waals surface area contributed by atoms with Crippen LogP contribution in [0.5, 0.6) is 0 Å². The second-order valence-electron chi connectivity index (χ2n) is 4.44. The second-order valence-corrected chi connectivity index (χ2v) is 4.44. The van der Waals surface area contributed by atoms with Crippen LogP contribution in [0.25, 0.3) is 10.9 Å². The number of hydrogen-bond acceptors (Lipinski definition) is 5. The van der Waals surface area contributed by atoms with Gasteiger partial charge in [0.2, 0.25) is 0 Å². The Morgan fingerprint density at radius 2 is 2.05 bits per heavy atom. The van der Waals surface area contributed by atoms with Crippen molar-refractivity contribution in [1.29, 1.82) is 0 Å². The first-order valence-corrected chi connectivity index (χ1v) is 6.94. The lowest BCUT2D eigenvalue weighted by Crippen LogP contribution is -2.14. The number of unbranched alkanes of at least 4 members (excludes halogenated alkanes) is 1. The van der Waals surface area contributed by atoms with Crippen LogP contribution in [0.15, 0.2) is 24.3 Å². The van der Waals surface area contributed by atoms with Gasteiger partial charge in [-0.1, -0.05) is 31.5 Å². The topological polar surface area (TPSA) is 64.1 Å². The third-order valence-electron chi connectivity index (χ3n) is 2.97. The average Bonchev–Trinajstić information content (AvgIpc) is 2.47. The molecule has 1 N–H and O–H groups in total. The third-order valence-corrected chi connectivity index (χ3v) is 2.97. The van der Waals surface area contributed by atoms with E-state index in [1.807, 2.05) is 24.3 Å². The number of esters is 1. The standard InChI is InChI=1S/C15H19N3O2/c1-3-5-10-16-13-11-8-6-7-9-12(11)17-18-14(13)15(19)20-4-2/h6-9H,3-5,10H2,1-2H3,(H,16,17). The molecule has 0 amide bonds. The van der Waals surface area contributed by atoms with Crippen molar-refractivity contribution >= 4 is 22.6 Å². The van der Waals surface area contributed by atoms with Gasteiger partial charge in [-0.15, -0.1) is 10.2 Å². The summed E-state index contributed by atoms with van der Waals surface area (Å²) in [6.45, 7) is 5.01. The van der Waals surface area contributed by atoms with Gasteiger partial charge in [-0.25, -0.2) is 4.79 Å². The maximum atomic E-state index is 12.0. The normalized spacial score (nSPS) is 10.5. The highest BCUT2D eigenvalue weighted by Gasteiger charge is 2.18. The number of hydrogen-bond donors (Lipinski definition) is 1. The molecule has 0 fully saturated rings. The van der Waals surface area contributed by atoms with E-state index in [4.69, 9.17) is 4.74 Å². The van der Waals surface area contributed by atoms with E-state index in [1.54, 1.807) is 6.92 Å². The van der Waals surface area contributed by atoms with Crippen molar-refractivity contribution in [2.45, 2.75) is 26.7 Å². The number of aromatic nitrogens is 2. The van der Waals surface area contributed by atoms with Crippen LogP contribution in [0.4, 0.5) is 5.69 Å². The van der Waals surface area contributed by atoms with Crippen LogP contribution in [0.2, 0.25) is 0 Å². The highest BCUT2D eigenvalue weighted by molar-refractivity contribution is 6.03. The lowest BCUT2D eigenvalue weighted by Gasteiger charge is -2.12. The van der Waals surface area contributed by atoms with Crippen LogP contribution in [0, 0.1) is 0 Å². The van der Waals surface area contributed by atoms with Gasteiger partial charge in [-0.05, 0) is 19.4 Å². The van der Waals surface area contributed by atoms with Gasteiger partial charge in [-0.3, -0.25) is 0 Å². The monoisotopic (exact) mass is 273 g/mol. The Morgan fingerprint density at radius 3 is 2.80 bits per heavy atom. The van der Waals surface area contributed by atoms with Crippen molar-refractivity contribution in [3.63, 3.8) is 0 Å². The van der Waals surface area contributed by atoms with Crippen molar-refractivity contribution in [3.8, 4) is 0 Å². The Morgan fingerprint density at radius 1 is 1.25 bits per heavy atom. The van der Waals surface area contributed by atoms with E-state index in [2.05, 4.69) is 22.4 Å². The summed E-state index contributed by atoms with van der Waals surface area (Å²) in [7, 11) is 0. The van der Waals surface area contributed by atoms with Crippen LogP contribution >= 0.6 is 0 Å². The van der Waals surface area contributed by atoms with E-state index >= 15 is 0 Å². The molecule has 0 bridgehead atoms. The molecule has 5 nitrogen and oxygen atoms in total. The molecule has 2 aromatic rings. The van der Waals surface area contributed by atoms with E-state index in [-0.39, 0.29) is 5.69 Å². The number of fused-ring (bicyclic) bond motifs is 1. The molecule has 0 unspecified atom stereocenters. The molecule has 0 aliphatic heterocycles. The minimum absolute atomic E-state index is 0.252. The summed E-state index contributed by atoms with van der Waals surface area (Å²) in [4.78, 5) is 12.0. The number of rotatable bonds is 6. The van der Waals surface area contributed by atoms with E-state index < -0.39 is 5.97 Å². The highest BCUT2D eigenvalue weighted by atomic mass is 16.5. The minimum Gasteiger partial charge on any atom is -0.461 e. The van der Waals surface area contributed by atoms with Gasteiger partial charge in [0.15, 0.2) is 5.69 Å². The summed E-state index contributed by atoms with van der Waals surface area (Å²) >= 11 is 0. The van der Waals surface area contributed by atoms with E-state index in [0.717, 1.165) is 30.3 Å². The fourth-order valence-corrected chi connectivity index (χ4v) is 1.97. The molecule has 0 saturated carbocycles. The van der Waals surface area contributed by atoms with Gasteiger partial charge >= 0.3 is 5.97 Å². The summed E-state index contributed by atoms with van der Waals surface area (Å²) in [5.74, 6) is -0.440. The predicted molar refractivity (Wildman–Crippen MR) is 78.9 cm³/mol. The molecule has 5 heteroatoms. The average molecular weight is 273 g/mol. The maximum Gasteiger partial charge on any atom is 0.361 e. The van der Waals surface area contributed by atoms with Crippen LogP contribution < -0.4 is 5.32 Å². The van der Waals surface area contributed by atoms with E-state index in [1.165, 1.54) is 0 Å². The lowest BCUT2D eigenvalue weighted by atomic mass is 10.1. The predicted octanol–water partition coefficient (Wildman–Crippen LogP) is 3.02. The first-order chi connectivity index (χ1) is 9.77. The Bertz CT molecular complexity index is 599. The van der Waals surface area contributed by atoms with Crippen molar-refractivity contribution in [2.75, 3.05) is 18.5 Å². The van der Waals surface area contributed by atoms with Crippen molar-refractivity contribution < 1.29 is 9.53 Å². The molecule has 106 valence electrons. The SMILES string of the molecule is CCCCNc1c(C(=O)OCC)nnc2ccccc12. The van der Waals surface area contributed by atoms with Crippen molar-refractivity contribution in [1.82, 2.24) is 10.2 Å². The molecule has 1 heterocycles. The van der Waals surface area contributed by atoms with Crippen LogP contribution in [-0.2, 0) is 4.74 Å². The van der Waals surface area contributed by atoms with Gasteiger partial charge in [-0.2, -0.15) is 0 Å². The zero-order valence-corrected chi connectivity index (χ0v) is 11.8. The molecule has 0 saturated heterocycles. The number of carbonyl (C=O) groups is 1. The van der Waals surface area contributed by atoms with Crippen LogP contribution in [0.1, 0.15) is 37.2 Å². The minimum atomic E-state index is -0.440. The Kier molecular flexibility index (Phi) is 4.87. The lowest BCUT2D eigenvalue weighted by molar-refractivity contribution is 0.0519. The molecule has 0 aliphatic carbocycles. The first kappa shape index (κ1) is 14.2. The van der Waals surface area contributed by atoms with E-state index in [0.29, 0.717) is 12.3 Å². The highest BCUT2D eigenvalue weighted by Crippen LogP contribution is 2.24. The largest absolute Gasteiger partial charge is 0.461 e. The second kappa shape index (κ2) is 6.84. The number of ether oxygens (including phenoxy) is 1. The summed E-state index contributed by atoms with van der Waals surface area (Å²) in [6.07, 6.45) is 2.11.